The molecule has 1 aromatic rings. The van der Waals surface area contributed by atoms with Crippen LogP contribution in [0.4, 0.5) is 4.79 Å². The Bertz CT molecular complexity index is 453. The fraction of sp³-hybridized carbons (Fsp3) is 0.429. The number of nitrogens with zero attached hydrogens (tertiary/aromatic N) is 2. The first-order chi connectivity index (χ1) is 8.72. The van der Waals surface area contributed by atoms with Crippen molar-refractivity contribution < 1.29 is 9.53 Å². The van der Waals surface area contributed by atoms with Crippen LogP contribution in [-0.2, 0) is 11.3 Å². The largest absolute Gasteiger partial charge is 0.445 e. The van der Waals surface area contributed by atoms with Gasteiger partial charge in [-0.3, -0.25) is 4.90 Å². The lowest BCUT2D eigenvalue weighted by molar-refractivity contribution is 0.0962. The Morgan fingerprint density at radius 1 is 1.50 bits per heavy atom. The zero-order valence-corrected chi connectivity index (χ0v) is 10.4. The van der Waals surface area contributed by atoms with Gasteiger partial charge in [0.15, 0.2) is 0 Å². The highest BCUT2D eigenvalue weighted by atomic mass is 16.6. The lowest BCUT2D eigenvalue weighted by Crippen LogP contribution is -2.36. The van der Waals surface area contributed by atoms with Crippen LogP contribution in [0.2, 0.25) is 0 Å². The fourth-order valence-electron chi connectivity index (χ4n) is 2.15. The van der Waals surface area contributed by atoms with E-state index in [9.17, 15) is 4.79 Å². The van der Waals surface area contributed by atoms with Crippen molar-refractivity contribution in [2.45, 2.75) is 26.0 Å². The van der Waals surface area contributed by atoms with Gasteiger partial charge in [0, 0.05) is 6.54 Å². The summed E-state index contributed by atoms with van der Waals surface area (Å²) in [5, 5.41) is 9.04. The molecule has 0 bridgehead atoms. The predicted molar refractivity (Wildman–Crippen MR) is 66.5 cm³/mol. The molecule has 1 aromatic carbocycles. The third kappa shape index (κ3) is 2.62. The van der Waals surface area contributed by atoms with E-state index in [1.54, 1.807) is 0 Å². The van der Waals surface area contributed by atoms with E-state index in [4.69, 9.17) is 10.00 Å². The molecule has 0 aromatic heterocycles. The number of rotatable bonds is 2. The molecule has 2 atom stereocenters. The van der Waals surface area contributed by atoms with Crippen molar-refractivity contribution >= 4 is 6.09 Å². The number of likely N-dealkylation sites (tertiary alicyclic amines) is 1. The molecule has 1 amide bonds. The second-order valence-electron chi connectivity index (χ2n) is 4.57. The smallest absolute Gasteiger partial charge is 0.411 e. The number of carbonyl (C=O) groups is 1. The maximum absolute atomic E-state index is 11.9. The van der Waals surface area contributed by atoms with E-state index < -0.39 is 6.09 Å². The van der Waals surface area contributed by atoms with Crippen molar-refractivity contribution in [3.63, 3.8) is 0 Å². The van der Waals surface area contributed by atoms with E-state index in [0.29, 0.717) is 6.54 Å². The number of nitriles is 1. The van der Waals surface area contributed by atoms with Crippen molar-refractivity contribution in [1.29, 1.82) is 5.26 Å². The van der Waals surface area contributed by atoms with Gasteiger partial charge in [0.2, 0.25) is 0 Å². The monoisotopic (exact) mass is 244 g/mol. The summed E-state index contributed by atoms with van der Waals surface area (Å²) in [5.41, 5.74) is 0.951. The minimum absolute atomic E-state index is 0.222. The summed E-state index contributed by atoms with van der Waals surface area (Å²) in [6.07, 6.45) is 0.466. The van der Waals surface area contributed by atoms with Gasteiger partial charge >= 0.3 is 6.09 Å². The summed E-state index contributed by atoms with van der Waals surface area (Å²) in [7, 11) is 0. The molecule has 1 fully saturated rings. The van der Waals surface area contributed by atoms with Crippen molar-refractivity contribution in [3.8, 4) is 6.07 Å². The van der Waals surface area contributed by atoms with Crippen molar-refractivity contribution in [2.75, 3.05) is 6.54 Å². The van der Waals surface area contributed by atoms with E-state index in [1.807, 2.05) is 37.3 Å². The molecule has 1 heterocycles. The van der Waals surface area contributed by atoms with Crippen LogP contribution < -0.4 is 0 Å². The van der Waals surface area contributed by atoms with Crippen LogP contribution in [0.15, 0.2) is 30.3 Å². The van der Waals surface area contributed by atoms with Gasteiger partial charge in [-0.25, -0.2) is 4.79 Å². The predicted octanol–water partition coefficient (Wildman–Crippen LogP) is 2.56. The number of amides is 1. The molecular weight excluding hydrogens is 228 g/mol. The standard InChI is InChI=1S/C14H16N2O2/c1-11-7-8-16(13(11)9-15)14(17)18-10-12-5-3-2-4-6-12/h2-6,11,13H,7-8,10H2,1H3. The summed E-state index contributed by atoms with van der Waals surface area (Å²) in [4.78, 5) is 13.4. The summed E-state index contributed by atoms with van der Waals surface area (Å²) in [5.74, 6) is 0.222. The zero-order chi connectivity index (χ0) is 13.0. The average molecular weight is 244 g/mol. The van der Waals surface area contributed by atoms with E-state index in [0.717, 1.165) is 12.0 Å². The molecule has 1 saturated heterocycles. The van der Waals surface area contributed by atoms with Gasteiger partial charge in [-0.05, 0) is 17.9 Å². The fourth-order valence-corrected chi connectivity index (χ4v) is 2.15. The Kier molecular flexibility index (Phi) is 3.83. The molecule has 1 aliphatic rings. The summed E-state index contributed by atoms with van der Waals surface area (Å²) < 4.78 is 5.23. The third-order valence-electron chi connectivity index (χ3n) is 3.27. The molecule has 0 radical (unpaired) electrons. The summed E-state index contributed by atoms with van der Waals surface area (Å²) in [6.45, 7) is 2.84. The van der Waals surface area contributed by atoms with Crippen LogP contribution in [0.5, 0.6) is 0 Å². The first kappa shape index (κ1) is 12.4. The topological polar surface area (TPSA) is 53.3 Å². The first-order valence-electron chi connectivity index (χ1n) is 6.09. The van der Waals surface area contributed by atoms with Gasteiger partial charge in [0.05, 0.1) is 6.07 Å². The Labute approximate surface area is 107 Å². The molecule has 0 aliphatic carbocycles. The molecule has 2 unspecified atom stereocenters. The summed E-state index contributed by atoms with van der Waals surface area (Å²) in [6, 6.07) is 11.3. The van der Waals surface area contributed by atoms with Gasteiger partial charge in [0.25, 0.3) is 0 Å². The molecule has 4 heteroatoms. The Morgan fingerprint density at radius 2 is 2.22 bits per heavy atom. The minimum Gasteiger partial charge on any atom is -0.445 e. The highest BCUT2D eigenvalue weighted by Gasteiger charge is 2.35. The lowest BCUT2D eigenvalue weighted by Gasteiger charge is -2.20. The third-order valence-corrected chi connectivity index (χ3v) is 3.27. The molecule has 18 heavy (non-hydrogen) atoms. The number of hydrogen-bond donors (Lipinski definition) is 0. The zero-order valence-electron chi connectivity index (χ0n) is 10.4. The Morgan fingerprint density at radius 3 is 2.89 bits per heavy atom. The maximum atomic E-state index is 11.9. The van der Waals surface area contributed by atoms with Gasteiger partial charge in [-0.15, -0.1) is 0 Å². The van der Waals surface area contributed by atoms with Gasteiger partial charge in [0.1, 0.15) is 12.6 Å². The van der Waals surface area contributed by atoms with E-state index in [2.05, 4.69) is 6.07 Å². The molecule has 4 nitrogen and oxygen atoms in total. The second-order valence-corrected chi connectivity index (χ2v) is 4.57. The molecule has 2 rings (SSSR count). The van der Waals surface area contributed by atoms with Crippen LogP contribution in [0, 0.1) is 17.2 Å². The van der Waals surface area contributed by atoms with E-state index in [1.165, 1.54) is 4.90 Å². The number of carbonyl (C=O) groups excluding carboxylic acids is 1. The molecule has 1 aliphatic heterocycles. The van der Waals surface area contributed by atoms with Crippen molar-refractivity contribution in [3.05, 3.63) is 35.9 Å². The summed E-state index contributed by atoms with van der Waals surface area (Å²) >= 11 is 0. The van der Waals surface area contributed by atoms with Gasteiger partial charge < -0.3 is 4.74 Å². The Hall–Kier alpha value is -2.02. The van der Waals surface area contributed by atoms with Crippen LogP contribution in [0.3, 0.4) is 0 Å². The van der Waals surface area contributed by atoms with Gasteiger partial charge in [-0.2, -0.15) is 5.26 Å². The second kappa shape index (κ2) is 5.54. The minimum atomic E-state index is -0.394. The van der Waals surface area contributed by atoms with Crippen molar-refractivity contribution in [2.24, 2.45) is 5.92 Å². The van der Waals surface area contributed by atoms with Crippen LogP contribution >= 0.6 is 0 Å². The Balaban J connectivity index is 1.91. The number of benzene rings is 1. The molecule has 94 valence electrons. The molecule has 0 saturated carbocycles. The average Bonchev–Trinajstić information content (AvgIpc) is 2.78. The van der Waals surface area contributed by atoms with Crippen LogP contribution in [-0.4, -0.2) is 23.6 Å². The van der Waals surface area contributed by atoms with E-state index in [-0.39, 0.29) is 18.6 Å². The highest BCUT2D eigenvalue weighted by molar-refractivity contribution is 5.69. The van der Waals surface area contributed by atoms with Gasteiger partial charge in [-0.1, -0.05) is 37.3 Å². The highest BCUT2D eigenvalue weighted by Crippen LogP contribution is 2.24. The van der Waals surface area contributed by atoms with Crippen molar-refractivity contribution in [1.82, 2.24) is 4.90 Å². The number of ether oxygens (including phenoxy) is 1. The van der Waals surface area contributed by atoms with Crippen LogP contribution in [0.1, 0.15) is 18.9 Å². The number of hydrogen-bond acceptors (Lipinski definition) is 3. The van der Waals surface area contributed by atoms with Crippen LogP contribution in [0.25, 0.3) is 0 Å². The first-order valence-corrected chi connectivity index (χ1v) is 6.09. The van der Waals surface area contributed by atoms with E-state index >= 15 is 0 Å². The maximum Gasteiger partial charge on any atom is 0.411 e. The SMILES string of the molecule is CC1CCN(C(=O)OCc2ccccc2)C1C#N. The molecular formula is C14H16N2O2. The normalized spacial score (nSPS) is 22.6. The molecule has 0 N–H and O–H groups in total. The lowest BCUT2D eigenvalue weighted by atomic mass is 10.1. The molecule has 0 spiro atoms. The quantitative estimate of drug-likeness (QED) is 0.803.